The number of rotatable bonds is 3. The molecule has 0 saturated heterocycles. The van der Waals surface area contributed by atoms with Crippen LogP contribution in [0.25, 0.3) is 0 Å². The van der Waals surface area contributed by atoms with Gasteiger partial charge in [0.1, 0.15) is 6.04 Å². The van der Waals surface area contributed by atoms with Crippen LogP contribution in [0.3, 0.4) is 0 Å². The van der Waals surface area contributed by atoms with Crippen LogP contribution in [-0.4, -0.2) is 16.3 Å². The van der Waals surface area contributed by atoms with Gasteiger partial charge in [-0.05, 0) is 19.5 Å². The number of nitrogens with one attached hydrogen (secondary N) is 1. The van der Waals surface area contributed by atoms with Crippen molar-refractivity contribution in [2.24, 2.45) is 7.05 Å². The van der Waals surface area contributed by atoms with E-state index in [-0.39, 0.29) is 6.04 Å². The Labute approximate surface area is 79.1 Å². The highest BCUT2D eigenvalue weighted by Gasteiger charge is 2.10. The Morgan fingerprint density at radius 3 is 2.85 bits per heavy atom. The van der Waals surface area contributed by atoms with E-state index in [4.69, 9.17) is 6.42 Å². The van der Waals surface area contributed by atoms with Gasteiger partial charge in [0.15, 0.2) is 0 Å². The van der Waals surface area contributed by atoms with Gasteiger partial charge in [-0.3, -0.25) is 10.00 Å². The first-order chi connectivity index (χ1) is 6.19. The highest BCUT2D eigenvalue weighted by atomic mass is 15.3. The predicted octanol–water partition coefficient (Wildman–Crippen LogP) is 1.01. The lowest BCUT2D eigenvalue weighted by molar-refractivity contribution is 0.626. The van der Waals surface area contributed by atoms with Gasteiger partial charge in [0.05, 0.1) is 5.69 Å². The van der Waals surface area contributed by atoms with E-state index in [0.29, 0.717) is 0 Å². The zero-order chi connectivity index (χ0) is 9.84. The average molecular weight is 177 g/mol. The highest BCUT2D eigenvalue weighted by Crippen LogP contribution is 2.10. The average Bonchev–Trinajstić information content (AvgIpc) is 2.43. The summed E-state index contributed by atoms with van der Waals surface area (Å²) >= 11 is 0. The van der Waals surface area contributed by atoms with E-state index in [9.17, 15) is 0 Å². The second-order valence-corrected chi connectivity index (χ2v) is 2.99. The fraction of sp³-hybridized carbons (Fsp3) is 0.500. The van der Waals surface area contributed by atoms with E-state index < -0.39 is 0 Å². The minimum atomic E-state index is -0.0649. The molecule has 1 rings (SSSR count). The molecule has 0 aliphatic heterocycles. The smallest absolute Gasteiger partial charge is 0.113 e. The second-order valence-electron chi connectivity index (χ2n) is 2.99. The van der Waals surface area contributed by atoms with Crippen LogP contribution in [0.2, 0.25) is 0 Å². The molecule has 70 valence electrons. The molecule has 0 aliphatic rings. The maximum absolute atomic E-state index is 5.39. The molecule has 0 spiro atoms. The van der Waals surface area contributed by atoms with Crippen molar-refractivity contribution < 1.29 is 0 Å². The largest absolute Gasteiger partial charge is 0.299 e. The molecule has 1 heterocycles. The summed E-state index contributed by atoms with van der Waals surface area (Å²) in [5, 5.41) is 7.49. The minimum absolute atomic E-state index is 0.0649. The van der Waals surface area contributed by atoms with Crippen LogP contribution in [0.15, 0.2) is 6.07 Å². The van der Waals surface area contributed by atoms with Crippen LogP contribution < -0.4 is 5.32 Å². The lowest BCUT2D eigenvalue weighted by Crippen LogP contribution is -2.19. The standard InChI is InChI=1S/C10H15N3/c1-5-9(11-6-2)10-7-8(3)13(4)12-10/h1,7,9,11H,6H2,2-4H3. The monoisotopic (exact) mass is 177 g/mol. The molecule has 0 radical (unpaired) electrons. The van der Waals surface area contributed by atoms with Crippen LogP contribution in [0.4, 0.5) is 0 Å². The van der Waals surface area contributed by atoms with Gasteiger partial charge in [-0.2, -0.15) is 5.10 Å². The Morgan fingerprint density at radius 2 is 2.46 bits per heavy atom. The second kappa shape index (κ2) is 4.11. The molecule has 1 atom stereocenters. The molecule has 0 amide bonds. The van der Waals surface area contributed by atoms with Crippen LogP contribution in [-0.2, 0) is 7.05 Å². The van der Waals surface area contributed by atoms with Crippen molar-refractivity contribution in [2.45, 2.75) is 19.9 Å². The first-order valence-electron chi connectivity index (χ1n) is 4.39. The zero-order valence-corrected chi connectivity index (χ0v) is 8.33. The molecule has 1 unspecified atom stereocenters. The van der Waals surface area contributed by atoms with Gasteiger partial charge >= 0.3 is 0 Å². The molecule has 3 nitrogen and oxygen atoms in total. The van der Waals surface area contributed by atoms with Crippen molar-refractivity contribution in [3.63, 3.8) is 0 Å². The number of hydrogen-bond donors (Lipinski definition) is 1. The van der Waals surface area contributed by atoms with Crippen LogP contribution in [0, 0.1) is 19.3 Å². The molecular formula is C10H15N3. The van der Waals surface area contributed by atoms with Crippen LogP contribution >= 0.6 is 0 Å². The van der Waals surface area contributed by atoms with E-state index in [1.54, 1.807) is 0 Å². The predicted molar refractivity (Wildman–Crippen MR) is 53.2 cm³/mol. The van der Waals surface area contributed by atoms with Gasteiger partial charge in [-0.25, -0.2) is 0 Å². The van der Waals surface area contributed by atoms with Crippen molar-refractivity contribution >= 4 is 0 Å². The van der Waals surface area contributed by atoms with E-state index in [2.05, 4.69) is 16.3 Å². The number of terminal acetylenes is 1. The topological polar surface area (TPSA) is 29.9 Å². The molecule has 1 aromatic heterocycles. The van der Waals surface area contributed by atoms with Crippen molar-refractivity contribution in [3.8, 4) is 12.3 Å². The molecule has 0 saturated carbocycles. The number of hydrogen-bond acceptors (Lipinski definition) is 2. The number of aryl methyl sites for hydroxylation is 2. The van der Waals surface area contributed by atoms with Crippen LogP contribution in [0.1, 0.15) is 24.4 Å². The van der Waals surface area contributed by atoms with Crippen molar-refractivity contribution in [1.82, 2.24) is 15.1 Å². The highest BCUT2D eigenvalue weighted by molar-refractivity contribution is 5.20. The van der Waals surface area contributed by atoms with Crippen molar-refractivity contribution in [3.05, 3.63) is 17.5 Å². The third-order valence-electron chi connectivity index (χ3n) is 2.00. The fourth-order valence-corrected chi connectivity index (χ4v) is 1.18. The van der Waals surface area contributed by atoms with Crippen LogP contribution in [0.5, 0.6) is 0 Å². The lowest BCUT2D eigenvalue weighted by Gasteiger charge is -2.06. The van der Waals surface area contributed by atoms with Gasteiger partial charge in [0, 0.05) is 12.7 Å². The number of aromatic nitrogens is 2. The van der Waals surface area contributed by atoms with Gasteiger partial charge in [0.2, 0.25) is 0 Å². The Hall–Kier alpha value is -1.27. The molecule has 3 heteroatoms. The summed E-state index contributed by atoms with van der Waals surface area (Å²) in [5.41, 5.74) is 2.04. The van der Waals surface area contributed by atoms with Gasteiger partial charge in [0.25, 0.3) is 0 Å². The molecule has 0 bridgehead atoms. The quantitative estimate of drug-likeness (QED) is 0.698. The molecule has 0 fully saturated rings. The molecular weight excluding hydrogens is 162 g/mol. The number of nitrogens with zero attached hydrogens (tertiary/aromatic N) is 2. The third-order valence-corrected chi connectivity index (χ3v) is 2.00. The first-order valence-corrected chi connectivity index (χ1v) is 4.39. The first kappa shape index (κ1) is 9.82. The van der Waals surface area contributed by atoms with E-state index in [1.165, 1.54) is 0 Å². The van der Waals surface area contributed by atoms with Crippen molar-refractivity contribution in [2.75, 3.05) is 6.54 Å². The minimum Gasteiger partial charge on any atom is -0.299 e. The summed E-state index contributed by atoms with van der Waals surface area (Å²) in [6.45, 7) is 4.89. The Balaban J connectivity index is 2.87. The Bertz CT molecular complexity index is 300. The summed E-state index contributed by atoms with van der Waals surface area (Å²) < 4.78 is 1.83. The normalized spacial score (nSPS) is 12.5. The van der Waals surface area contributed by atoms with Crippen molar-refractivity contribution in [1.29, 1.82) is 0 Å². The third kappa shape index (κ3) is 2.10. The summed E-state index contributed by atoms with van der Waals surface area (Å²) in [4.78, 5) is 0. The SMILES string of the molecule is C#CC(NCC)c1cc(C)n(C)n1. The molecule has 1 N–H and O–H groups in total. The Morgan fingerprint density at radius 1 is 1.77 bits per heavy atom. The Kier molecular flexibility index (Phi) is 3.10. The van der Waals surface area contributed by atoms with E-state index in [0.717, 1.165) is 17.9 Å². The summed E-state index contributed by atoms with van der Waals surface area (Å²) in [5.74, 6) is 2.67. The fourth-order valence-electron chi connectivity index (χ4n) is 1.18. The van der Waals surface area contributed by atoms with E-state index in [1.807, 2.05) is 31.6 Å². The van der Waals surface area contributed by atoms with Gasteiger partial charge in [-0.1, -0.05) is 12.8 Å². The molecule has 0 aromatic carbocycles. The zero-order valence-electron chi connectivity index (χ0n) is 8.33. The summed E-state index contributed by atoms with van der Waals surface area (Å²) in [6, 6.07) is 1.94. The summed E-state index contributed by atoms with van der Waals surface area (Å²) in [7, 11) is 1.92. The summed E-state index contributed by atoms with van der Waals surface area (Å²) in [6.07, 6.45) is 5.39. The maximum Gasteiger partial charge on any atom is 0.113 e. The molecule has 0 aliphatic carbocycles. The van der Waals surface area contributed by atoms with Gasteiger partial charge < -0.3 is 0 Å². The molecule has 1 aromatic rings. The molecule has 13 heavy (non-hydrogen) atoms. The van der Waals surface area contributed by atoms with Gasteiger partial charge in [-0.15, -0.1) is 6.42 Å². The maximum atomic E-state index is 5.39. The van der Waals surface area contributed by atoms with E-state index >= 15 is 0 Å². The lowest BCUT2D eigenvalue weighted by atomic mass is 10.2.